The number of hydrogen-bond donors (Lipinski definition) is 0. The van der Waals surface area contributed by atoms with Crippen LogP contribution in [-0.2, 0) is 0 Å². The highest BCUT2D eigenvalue weighted by Crippen LogP contribution is 2.54. The molecule has 0 radical (unpaired) electrons. The van der Waals surface area contributed by atoms with Crippen molar-refractivity contribution in [1.29, 1.82) is 0 Å². The van der Waals surface area contributed by atoms with Crippen LogP contribution < -0.4 is 4.74 Å². The van der Waals surface area contributed by atoms with Crippen LogP contribution in [0, 0.1) is 0 Å². The first-order valence-electron chi connectivity index (χ1n) is 18.6. The van der Waals surface area contributed by atoms with Crippen molar-refractivity contribution < 1.29 is 9.15 Å². The highest BCUT2D eigenvalue weighted by molar-refractivity contribution is 6.28. The van der Waals surface area contributed by atoms with Crippen LogP contribution in [-0.4, -0.2) is 0 Å². The smallest absolute Gasteiger partial charge is 0.144 e. The molecule has 0 saturated heterocycles. The van der Waals surface area contributed by atoms with Crippen LogP contribution in [0.1, 0.15) is 0 Å². The summed E-state index contributed by atoms with van der Waals surface area (Å²) in [7, 11) is 0. The Kier molecular flexibility index (Phi) is 5.39. The van der Waals surface area contributed by atoms with Gasteiger partial charge in [0.2, 0.25) is 0 Å². The number of ether oxygens (including phenoxy) is 1. The maximum absolute atomic E-state index is 7.16. The van der Waals surface area contributed by atoms with E-state index in [0.717, 1.165) is 71.8 Å². The Balaban J connectivity index is 1.12. The minimum Gasteiger partial charge on any atom is -0.455 e. The Labute approximate surface area is 309 Å². The molecule has 2 heterocycles. The molecule has 11 aromatic carbocycles. The molecule has 54 heavy (non-hydrogen) atoms. The van der Waals surface area contributed by atoms with Gasteiger partial charge in [0.1, 0.15) is 22.7 Å². The van der Waals surface area contributed by atoms with Gasteiger partial charge in [-0.3, -0.25) is 0 Å². The first-order chi connectivity index (χ1) is 26.8. The van der Waals surface area contributed by atoms with Gasteiger partial charge in [-0.25, -0.2) is 0 Å². The van der Waals surface area contributed by atoms with Crippen molar-refractivity contribution in [1.82, 2.24) is 0 Å². The number of hydrogen-bond acceptors (Lipinski definition) is 2. The van der Waals surface area contributed by atoms with Gasteiger partial charge in [-0.2, -0.15) is 0 Å². The third kappa shape index (κ3) is 3.64. The molecule has 0 aliphatic carbocycles. The average Bonchev–Trinajstić information content (AvgIpc) is 3.63. The molecular formula is C52H28O2. The Morgan fingerprint density at radius 1 is 0.278 bits per heavy atom. The van der Waals surface area contributed by atoms with Gasteiger partial charge in [0.15, 0.2) is 0 Å². The van der Waals surface area contributed by atoms with Crippen LogP contribution >= 0.6 is 0 Å². The van der Waals surface area contributed by atoms with E-state index >= 15 is 0 Å². The van der Waals surface area contributed by atoms with E-state index in [1.54, 1.807) is 0 Å². The monoisotopic (exact) mass is 684 g/mol. The molecule has 1 aromatic heterocycles. The molecule has 0 bridgehead atoms. The molecule has 13 rings (SSSR count). The summed E-state index contributed by atoms with van der Waals surface area (Å²) in [6.45, 7) is 0. The van der Waals surface area contributed by atoms with Gasteiger partial charge in [0.05, 0.1) is 0 Å². The third-order valence-corrected chi connectivity index (χ3v) is 12.0. The summed E-state index contributed by atoms with van der Waals surface area (Å²) >= 11 is 0. The van der Waals surface area contributed by atoms with E-state index in [2.05, 4.69) is 170 Å². The predicted octanol–water partition coefficient (Wildman–Crippen LogP) is 15.0. The van der Waals surface area contributed by atoms with Gasteiger partial charge < -0.3 is 9.15 Å². The van der Waals surface area contributed by atoms with Crippen LogP contribution in [0.15, 0.2) is 174 Å². The van der Waals surface area contributed by atoms with Crippen LogP contribution in [0.25, 0.3) is 120 Å². The van der Waals surface area contributed by atoms with Crippen molar-refractivity contribution in [3.8, 4) is 44.9 Å². The highest BCUT2D eigenvalue weighted by Gasteiger charge is 2.27. The second-order valence-corrected chi connectivity index (χ2v) is 14.7. The van der Waals surface area contributed by atoms with Crippen molar-refractivity contribution in [3.05, 3.63) is 170 Å². The minimum atomic E-state index is 0.856. The number of fused-ring (bicyclic) bond motifs is 9. The Bertz CT molecular complexity index is 3570. The standard InChI is InChI=1S/C52H28O2/c1-4-13-35-29(8-1)20-25-44-49-40(36-23-21-32-19-18-30-10-5-11-31-22-24-39(36)47(32)46(30)31)26-27-43(52(49)54-50(35)44)42-17-7-16-41-38-15-6-14-37-34-12-3-2-9-33(34)28-45(48(37)38)53-51(41)42/h1-28H. The fourth-order valence-corrected chi connectivity index (χ4v) is 9.62. The quantitative estimate of drug-likeness (QED) is 0.169. The fraction of sp³-hybridized carbons (Fsp3) is 0. The SMILES string of the molecule is c1cc(-c2ccc(-c3ccc4ccc5cccc6ccc3c4c56)c3c2oc2c4ccccc4ccc23)c2c(c1)-c1cccc3c1c(cc1ccccc13)O2. The van der Waals surface area contributed by atoms with Gasteiger partial charge in [-0.15, -0.1) is 0 Å². The number of furan rings is 1. The molecule has 248 valence electrons. The summed E-state index contributed by atoms with van der Waals surface area (Å²) in [5.74, 6) is 1.74. The van der Waals surface area contributed by atoms with E-state index in [1.807, 2.05) is 0 Å². The molecule has 1 aliphatic rings. The Hall–Kier alpha value is -7.16. The zero-order chi connectivity index (χ0) is 35.1. The molecule has 2 heteroatoms. The van der Waals surface area contributed by atoms with Crippen LogP contribution in [0.4, 0.5) is 0 Å². The molecule has 0 N–H and O–H groups in total. The average molecular weight is 685 g/mol. The van der Waals surface area contributed by atoms with Crippen molar-refractivity contribution in [2.75, 3.05) is 0 Å². The molecule has 1 aliphatic heterocycles. The molecular weight excluding hydrogens is 657 g/mol. The fourth-order valence-electron chi connectivity index (χ4n) is 9.62. The topological polar surface area (TPSA) is 22.4 Å². The predicted molar refractivity (Wildman–Crippen MR) is 226 cm³/mol. The molecule has 12 aromatic rings. The minimum absolute atomic E-state index is 0.856. The lowest BCUT2D eigenvalue weighted by Crippen LogP contribution is -1.99. The molecule has 0 amide bonds. The Morgan fingerprint density at radius 3 is 1.74 bits per heavy atom. The second-order valence-electron chi connectivity index (χ2n) is 14.7. The first-order valence-corrected chi connectivity index (χ1v) is 18.6. The summed E-state index contributed by atoms with van der Waals surface area (Å²) < 4.78 is 14.2. The Morgan fingerprint density at radius 2 is 0.852 bits per heavy atom. The third-order valence-electron chi connectivity index (χ3n) is 12.0. The van der Waals surface area contributed by atoms with Crippen LogP contribution in [0.2, 0.25) is 0 Å². The lowest BCUT2D eigenvalue weighted by molar-refractivity contribution is 0.489. The van der Waals surface area contributed by atoms with Crippen LogP contribution in [0.5, 0.6) is 11.5 Å². The maximum Gasteiger partial charge on any atom is 0.144 e. The summed E-state index contributed by atoms with van der Waals surface area (Å²) in [6, 6.07) is 61.7. The number of rotatable bonds is 2. The summed E-state index contributed by atoms with van der Waals surface area (Å²) in [5, 5.41) is 16.9. The summed E-state index contributed by atoms with van der Waals surface area (Å²) in [5.41, 5.74) is 8.43. The van der Waals surface area contributed by atoms with Gasteiger partial charge in [-0.1, -0.05) is 152 Å². The van der Waals surface area contributed by atoms with Gasteiger partial charge >= 0.3 is 0 Å². The van der Waals surface area contributed by atoms with Crippen molar-refractivity contribution in [2.45, 2.75) is 0 Å². The van der Waals surface area contributed by atoms with Gasteiger partial charge in [0.25, 0.3) is 0 Å². The lowest BCUT2D eigenvalue weighted by Gasteiger charge is -2.24. The second kappa shape index (κ2) is 10.2. The van der Waals surface area contributed by atoms with Crippen molar-refractivity contribution >= 4 is 86.6 Å². The summed E-state index contributed by atoms with van der Waals surface area (Å²) in [6.07, 6.45) is 0. The van der Waals surface area contributed by atoms with E-state index in [0.29, 0.717) is 0 Å². The van der Waals surface area contributed by atoms with E-state index in [9.17, 15) is 0 Å². The van der Waals surface area contributed by atoms with Gasteiger partial charge in [-0.05, 0) is 88.8 Å². The zero-order valence-electron chi connectivity index (χ0n) is 29.0. The maximum atomic E-state index is 7.16. The molecule has 0 unspecified atom stereocenters. The number of para-hydroxylation sites is 1. The summed E-state index contributed by atoms with van der Waals surface area (Å²) in [4.78, 5) is 0. The molecule has 0 saturated carbocycles. The van der Waals surface area contributed by atoms with E-state index in [1.165, 1.54) is 59.6 Å². The number of benzene rings is 11. The van der Waals surface area contributed by atoms with Crippen molar-refractivity contribution in [2.24, 2.45) is 0 Å². The molecule has 0 spiro atoms. The molecule has 0 fully saturated rings. The normalized spacial score (nSPS) is 12.6. The molecule has 0 atom stereocenters. The van der Waals surface area contributed by atoms with E-state index < -0.39 is 0 Å². The largest absolute Gasteiger partial charge is 0.455 e. The van der Waals surface area contributed by atoms with Crippen LogP contribution in [0.3, 0.4) is 0 Å². The highest BCUT2D eigenvalue weighted by atomic mass is 16.5. The molecule has 2 nitrogen and oxygen atoms in total. The first kappa shape index (κ1) is 28.4. The van der Waals surface area contributed by atoms with E-state index in [-0.39, 0.29) is 0 Å². The van der Waals surface area contributed by atoms with Gasteiger partial charge in [0, 0.05) is 38.2 Å². The van der Waals surface area contributed by atoms with E-state index in [4.69, 9.17) is 9.15 Å². The zero-order valence-corrected chi connectivity index (χ0v) is 29.0. The van der Waals surface area contributed by atoms with Crippen molar-refractivity contribution in [3.63, 3.8) is 0 Å². The lowest BCUT2D eigenvalue weighted by atomic mass is 9.86.